The summed E-state index contributed by atoms with van der Waals surface area (Å²) in [5.74, 6) is 1.93. The monoisotopic (exact) mass is 378 g/mol. The smallest absolute Gasteiger partial charge is 0.309 e. The van der Waals surface area contributed by atoms with Crippen LogP contribution in [0.1, 0.15) is 58.4 Å². The van der Waals surface area contributed by atoms with Crippen LogP contribution in [0.15, 0.2) is 54.6 Å². The van der Waals surface area contributed by atoms with E-state index in [1.807, 2.05) is 0 Å². The minimum atomic E-state index is -0.00195. The second-order valence-corrected chi connectivity index (χ2v) is 9.86. The zero-order valence-corrected chi connectivity index (χ0v) is 17.5. The predicted octanol–water partition coefficient (Wildman–Crippen LogP) is 6.08. The third-order valence-corrected chi connectivity index (χ3v) is 7.57. The second-order valence-electron chi connectivity index (χ2n) is 9.86. The average Bonchev–Trinajstić information content (AvgIpc) is 2.93. The molecule has 2 nitrogen and oxygen atoms in total. The molecule has 6 atom stereocenters. The van der Waals surface area contributed by atoms with Gasteiger partial charge in [0.25, 0.3) is 0 Å². The number of rotatable bonds is 4. The molecule has 0 spiro atoms. The third-order valence-electron chi connectivity index (χ3n) is 7.57. The first kappa shape index (κ1) is 19.5. The van der Waals surface area contributed by atoms with E-state index in [4.69, 9.17) is 4.74 Å². The highest BCUT2D eigenvalue weighted by atomic mass is 16.5. The van der Waals surface area contributed by atoms with E-state index in [0.29, 0.717) is 23.7 Å². The van der Waals surface area contributed by atoms with Gasteiger partial charge in [-0.2, -0.15) is 0 Å². The molecular weight excluding hydrogens is 344 g/mol. The summed E-state index contributed by atoms with van der Waals surface area (Å²) in [6, 6.07) is 10.7. The summed E-state index contributed by atoms with van der Waals surface area (Å²) in [5, 5.41) is 0. The minimum Gasteiger partial charge on any atom is -0.462 e. The summed E-state index contributed by atoms with van der Waals surface area (Å²) < 4.78 is 6.32. The van der Waals surface area contributed by atoms with Crippen molar-refractivity contribution in [3.63, 3.8) is 0 Å². The zero-order valence-electron chi connectivity index (χ0n) is 17.5. The van der Waals surface area contributed by atoms with Crippen molar-refractivity contribution in [3.8, 4) is 0 Å². The topological polar surface area (TPSA) is 26.3 Å². The molecule has 2 saturated carbocycles. The fraction of sp³-hybridized carbons (Fsp3) is 0.577. The Morgan fingerprint density at radius 2 is 1.75 bits per heavy atom. The molecule has 2 bridgehead atoms. The summed E-state index contributed by atoms with van der Waals surface area (Å²) in [6.45, 7) is 6.95. The molecule has 0 N–H and O–H groups in total. The number of carbonyl (C=O) groups is 1. The highest BCUT2D eigenvalue weighted by molar-refractivity contribution is 5.74. The molecule has 0 radical (unpaired) electrons. The molecule has 0 heterocycles. The second kappa shape index (κ2) is 7.89. The van der Waals surface area contributed by atoms with Crippen molar-refractivity contribution in [1.29, 1.82) is 0 Å². The number of ether oxygens (including phenoxy) is 1. The van der Waals surface area contributed by atoms with Crippen LogP contribution in [0, 0.1) is 29.6 Å². The Morgan fingerprint density at radius 1 is 1.00 bits per heavy atom. The van der Waals surface area contributed by atoms with E-state index in [-0.39, 0.29) is 23.4 Å². The van der Waals surface area contributed by atoms with Gasteiger partial charge in [-0.1, -0.05) is 81.8 Å². The van der Waals surface area contributed by atoms with Crippen LogP contribution in [0.3, 0.4) is 0 Å². The Bertz CT molecular complexity index is 745. The van der Waals surface area contributed by atoms with E-state index < -0.39 is 0 Å². The van der Waals surface area contributed by atoms with Crippen molar-refractivity contribution in [2.75, 3.05) is 0 Å². The standard InChI is InChI=1S/C26H34O2/c1-18-13-14-23(26(2,3)21-11-5-4-6-12-21)24(15-18)28-25(27)22-17-19-9-7-8-10-20(22)16-19/h4-12,18-20,22-24H,13-17H2,1-3H3/t18-,19+,20-,22+,23-,24-/m1/s1. The lowest BCUT2D eigenvalue weighted by molar-refractivity contribution is -0.162. The van der Waals surface area contributed by atoms with Crippen LogP contribution in [0.5, 0.6) is 0 Å². The maximum Gasteiger partial charge on any atom is 0.309 e. The molecule has 0 unspecified atom stereocenters. The quantitative estimate of drug-likeness (QED) is 0.593. The Morgan fingerprint density at radius 3 is 2.54 bits per heavy atom. The Balaban J connectivity index is 1.51. The van der Waals surface area contributed by atoms with Crippen LogP contribution in [0.4, 0.5) is 0 Å². The molecule has 28 heavy (non-hydrogen) atoms. The predicted molar refractivity (Wildman–Crippen MR) is 114 cm³/mol. The maximum absolute atomic E-state index is 13.2. The first-order valence-corrected chi connectivity index (χ1v) is 11.1. The van der Waals surface area contributed by atoms with Gasteiger partial charge in [-0.15, -0.1) is 0 Å². The average molecular weight is 379 g/mol. The molecule has 2 fully saturated rings. The zero-order chi connectivity index (χ0) is 19.7. The lowest BCUT2D eigenvalue weighted by Gasteiger charge is -2.44. The highest BCUT2D eigenvalue weighted by Gasteiger charge is 2.44. The number of benzene rings is 1. The van der Waals surface area contributed by atoms with Gasteiger partial charge in [-0.25, -0.2) is 0 Å². The normalized spacial score (nSPS) is 34.8. The third kappa shape index (κ3) is 3.83. The van der Waals surface area contributed by atoms with Gasteiger partial charge >= 0.3 is 5.97 Å². The fourth-order valence-electron chi connectivity index (χ4n) is 5.78. The first-order chi connectivity index (χ1) is 13.4. The van der Waals surface area contributed by atoms with E-state index in [1.165, 1.54) is 12.0 Å². The Hall–Kier alpha value is -1.83. The summed E-state index contributed by atoms with van der Waals surface area (Å²) in [7, 11) is 0. The summed E-state index contributed by atoms with van der Waals surface area (Å²) in [4.78, 5) is 13.2. The highest BCUT2D eigenvalue weighted by Crippen LogP contribution is 2.45. The molecule has 2 heteroatoms. The summed E-state index contributed by atoms with van der Waals surface area (Å²) in [6.07, 6.45) is 14.1. The number of fused-ring (bicyclic) bond motifs is 2. The van der Waals surface area contributed by atoms with E-state index in [2.05, 4.69) is 75.4 Å². The minimum absolute atomic E-state index is 0.00195. The Labute approximate surface area is 170 Å². The largest absolute Gasteiger partial charge is 0.462 e. The van der Waals surface area contributed by atoms with Crippen molar-refractivity contribution in [2.24, 2.45) is 29.6 Å². The summed E-state index contributed by atoms with van der Waals surface area (Å²) in [5.41, 5.74) is 1.34. The van der Waals surface area contributed by atoms with Crippen molar-refractivity contribution in [1.82, 2.24) is 0 Å². The molecule has 3 aliphatic carbocycles. The Kier molecular flexibility index (Phi) is 5.49. The van der Waals surface area contributed by atoms with Gasteiger partial charge in [0, 0.05) is 5.92 Å². The molecule has 1 aromatic carbocycles. The fourth-order valence-corrected chi connectivity index (χ4v) is 5.78. The molecule has 0 aliphatic heterocycles. The van der Waals surface area contributed by atoms with Gasteiger partial charge in [0.1, 0.15) is 6.10 Å². The molecule has 0 aromatic heterocycles. The maximum atomic E-state index is 13.2. The van der Waals surface area contributed by atoms with Crippen molar-refractivity contribution in [3.05, 3.63) is 60.2 Å². The molecule has 4 rings (SSSR count). The van der Waals surface area contributed by atoms with Crippen molar-refractivity contribution < 1.29 is 9.53 Å². The van der Waals surface area contributed by atoms with Gasteiger partial charge in [0.15, 0.2) is 0 Å². The lowest BCUT2D eigenvalue weighted by atomic mass is 9.64. The van der Waals surface area contributed by atoms with Crippen molar-refractivity contribution >= 4 is 5.97 Å². The van der Waals surface area contributed by atoms with Gasteiger partial charge in [0.05, 0.1) is 5.92 Å². The van der Waals surface area contributed by atoms with Crippen LogP contribution >= 0.6 is 0 Å². The number of hydrogen-bond acceptors (Lipinski definition) is 2. The van der Waals surface area contributed by atoms with Crippen LogP contribution in [-0.4, -0.2) is 12.1 Å². The van der Waals surface area contributed by atoms with Crippen LogP contribution < -0.4 is 0 Å². The number of hydrogen-bond donors (Lipinski definition) is 0. The van der Waals surface area contributed by atoms with E-state index >= 15 is 0 Å². The van der Waals surface area contributed by atoms with Crippen LogP contribution in [0.25, 0.3) is 0 Å². The molecule has 3 aliphatic rings. The number of esters is 1. The van der Waals surface area contributed by atoms with E-state index in [9.17, 15) is 4.79 Å². The van der Waals surface area contributed by atoms with Crippen LogP contribution in [0.2, 0.25) is 0 Å². The van der Waals surface area contributed by atoms with Crippen molar-refractivity contribution in [2.45, 2.75) is 64.4 Å². The van der Waals surface area contributed by atoms with Crippen LogP contribution in [-0.2, 0) is 14.9 Å². The molecule has 0 amide bonds. The van der Waals surface area contributed by atoms with E-state index in [0.717, 1.165) is 25.7 Å². The first-order valence-electron chi connectivity index (χ1n) is 11.1. The SMILES string of the molecule is C[C@@H]1CC[C@@H](C(C)(C)c2ccccc2)[C@H](OC(=O)[C@H]2C[C@H]3C=CC=C[C@@H]2C3)C1. The molecule has 1 aromatic rings. The van der Waals surface area contributed by atoms with Gasteiger partial charge < -0.3 is 4.74 Å². The lowest BCUT2D eigenvalue weighted by Crippen LogP contribution is -2.44. The molecule has 0 saturated heterocycles. The number of allylic oxidation sites excluding steroid dienone is 4. The summed E-state index contributed by atoms with van der Waals surface area (Å²) >= 11 is 0. The van der Waals surface area contributed by atoms with E-state index in [1.54, 1.807) is 0 Å². The van der Waals surface area contributed by atoms with Gasteiger partial charge in [0.2, 0.25) is 0 Å². The van der Waals surface area contributed by atoms with Gasteiger partial charge in [-0.3, -0.25) is 4.79 Å². The van der Waals surface area contributed by atoms with Gasteiger partial charge in [-0.05, 0) is 54.4 Å². The molecule has 150 valence electrons. The number of carbonyl (C=O) groups excluding carboxylic acids is 1. The molecular formula is C26H34O2.